The molecule has 0 fully saturated rings. The van der Waals surface area contributed by atoms with E-state index in [0.717, 1.165) is 17.8 Å². The molecule has 0 bridgehead atoms. The highest BCUT2D eigenvalue weighted by Crippen LogP contribution is 2.33. The number of hydrogen-bond donors (Lipinski definition) is 1. The minimum atomic E-state index is 0.165. The molecule has 0 atom stereocenters. The van der Waals surface area contributed by atoms with Crippen LogP contribution in [0.1, 0.15) is 18.5 Å². The summed E-state index contributed by atoms with van der Waals surface area (Å²) in [5.41, 5.74) is 6.40. The Balaban J connectivity index is 1.96. The van der Waals surface area contributed by atoms with Crippen LogP contribution in [0, 0.1) is 0 Å². The normalized spacial score (nSPS) is 10.9. The molecule has 0 spiro atoms. The molecule has 1 aromatic carbocycles. The molecule has 0 aliphatic heterocycles. The highest BCUT2D eigenvalue weighted by Gasteiger charge is 2.18. The average molecular weight is 302 g/mol. The summed E-state index contributed by atoms with van der Waals surface area (Å²) in [5, 5.41) is 4.94. The van der Waals surface area contributed by atoms with Crippen molar-refractivity contribution in [3.63, 3.8) is 0 Å². The summed E-state index contributed by atoms with van der Waals surface area (Å²) >= 11 is 5.02. The number of ether oxygens (including phenoxy) is 1. The lowest BCUT2D eigenvalue weighted by molar-refractivity contribution is 0.286. The number of rotatable bonds is 5. The van der Waals surface area contributed by atoms with E-state index >= 15 is 0 Å². The van der Waals surface area contributed by atoms with Crippen molar-refractivity contribution in [2.45, 2.75) is 20.1 Å². The maximum atomic E-state index is 5.85. The van der Waals surface area contributed by atoms with Gasteiger partial charge >= 0.3 is 0 Å². The zero-order chi connectivity index (χ0) is 14.8. The zero-order valence-electron chi connectivity index (χ0n) is 11.4. The molecule has 2 heterocycles. The van der Waals surface area contributed by atoms with Gasteiger partial charge in [0.1, 0.15) is 23.5 Å². The van der Waals surface area contributed by atoms with E-state index in [0.29, 0.717) is 17.1 Å². The van der Waals surface area contributed by atoms with E-state index in [9.17, 15) is 0 Å². The molecule has 0 amide bonds. The number of thiocarbonyl (C=S) groups is 1. The number of nitrogens with zero attached hydrogens (tertiary/aromatic N) is 3. The standard InChI is InChI=1S/C14H14N4O2S/c1-2-18-11(16-8-17-18)7-19-12-9-5-3-4-6-10(9)20-13(12)14(15)21/h3-6,8H,2,7H2,1H3,(H2,15,21). The Kier molecular flexibility index (Phi) is 3.57. The van der Waals surface area contributed by atoms with Crippen molar-refractivity contribution in [3.05, 3.63) is 42.2 Å². The summed E-state index contributed by atoms with van der Waals surface area (Å²) in [5.74, 6) is 1.66. The molecule has 0 aliphatic carbocycles. The maximum Gasteiger partial charge on any atom is 0.204 e. The monoisotopic (exact) mass is 302 g/mol. The van der Waals surface area contributed by atoms with Crippen LogP contribution in [0.3, 0.4) is 0 Å². The first-order valence-electron chi connectivity index (χ1n) is 6.51. The van der Waals surface area contributed by atoms with Crippen LogP contribution in [0.15, 0.2) is 35.0 Å². The first kappa shape index (κ1) is 13.6. The van der Waals surface area contributed by atoms with Crippen LogP contribution in [-0.4, -0.2) is 19.8 Å². The fourth-order valence-corrected chi connectivity index (χ4v) is 2.26. The predicted octanol–water partition coefficient (Wildman–Crippen LogP) is 2.26. The number of aromatic nitrogens is 3. The molecule has 2 N–H and O–H groups in total. The van der Waals surface area contributed by atoms with Crippen molar-refractivity contribution in [3.8, 4) is 5.75 Å². The van der Waals surface area contributed by atoms with Crippen molar-refractivity contribution < 1.29 is 9.15 Å². The lowest BCUT2D eigenvalue weighted by Crippen LogP contribution is -2.11. The van der Waals surface area contributed by atoms with E-state index in [-0.39, 0.29) is 11.6 Å². The molecule has 3 aromatic rings. The van der Waals surface area contributed by atoms with Gasteiger partial charge in [-0.15, -0.1) is 0 Å². The third-order valence-corrected chi connectivity index (χ3v) is 3.30. The van der Waals surface area contributed by atoms with Gasteiger partial charge in [-0.25, -0.2) is 9.67 Å². The Morgan fingerprint density at radius 3 is 3.00 bits per heavy atom. The zero-order valence-corrected chi connectivity index (χ0v) is 12.3. The third-order valence-electron chi connectivity index (χ3n) is 3.11. The Bertz CT molecular complexity index is 793. The maximum absolute atomic E-state index is 5.85. The van der Waals surface area contributed by atoms with Gasteiger partial charge in [-0.2, -0.15) is 5.10 Å². The van der Waals surface area contributed by atoms with E-state index in [4.69, 9.17) is 27.1 Å². The van der Waals surface area contributed by atoms with Gasteiger partial charge in [0, 0.05) is 6.54 Å². The molecule has 108 valence electrons. The summed E-state index contributed by atoms with van der Waals surface area (Å²) in [7, 11) is 0. The Hall–Kier alpha value is -2.41. The van der Waals surface area contributed by atoms with Gasteiger partial charge in [0.15, 0.2) is 11.6 Å². The molecule has 0 radical (unpaired) electrons. The number of nitrogens with two attached hydrogens (primary N) is 1. The minimum absolute atomic E-state index is 0.165. The second-order valence-electron chi connectivity index (χ2n) is 4.40. The van der Waals surface area contributed by atoms with E-state index in [1.165, 1.54) is 6.33 Å². The number of benzene rings is 1. The van der Waals surface area contributed by atoms with Crippen molar-refractivity contribution >= 4 is 28.2 Å². The van der Waals surface area contributed by atoms with Crippen LogP contribution in [-0.2, 0) is 13.2 Å². The van der Waals surface area contributed by atoms with Crippen molar-refractivity contribution in [2.24, 2.45) is 5.73 Å². The van der Waals surface area contributed by atoms with Gasteiger partial charge in [0.2, 0.25) is 5.76 Å². The minimum Gasteiger partial charge on any atom is -0.481 e. The Morgan fingerprint density at radius 2 is 2.24 bits per heavy atom. The average Bonchev–Trinajstić information content (AvgIpc) is 3.08. The van der Waals surface area contributed by atoms with Crippen molar-refractivity contribution in [2.75, 3.05) is 0 Å². The molecule has 3 rings (SSSR count). The fraction of sp³-hybridized carbons (Fsp3) is 0.214. The smallest absolute Gasteiger partial charge is 0.204 e. The molecule has 0 unspecified atom stereocenters. The van der Waals surface area contributed by atoms with E-state index in [1.807, 2.05) is 31.2 Å². The summed E-state index contributed by atoms with van der Waals surface area (Å²) in [6.07, 6.45) is 1.50. The van der Waals surface area contributed by atoms with Gasteiger partial charge in [-0.05, 0) is 19.1 Å². The van der Waals surface area contributed by atoms with Crippen molar-refractivity contribution in [1.29, 1.82) is 0 Å². The molecule has 21 heavy (non-hydrogen) atoms. The van der Waals surface area contributed by atoms with Crippen LogP contribution in [0.5, 0.6) is 5.75 Å². The molecule has 2 aromatic heterocycles. The number of aryl methyl sites for hydroxylation is 1. The lowest BCUT2D eigenvalue weighted by atomic mass is 10.2. The molecule has 0 saturated carbocycles. The van der Waals surface area contributed by atoms with E-state index < -0.39 is 0 Å². The number of para-hydroxylation sites is 1. The molecule has 7 heteroatoms. The molecule has 6 nitrogen and oxygen atoms in total. The van der Waals surface area contributed by atoms with Crippen LogP contribution in [0.4, 0.5) is 0 Å². The lowest BCUT2D eigenvalue weighted by Gasteiger charge is -2.06. The van der Waals surface area contributed by atoms with E-state index in [2.05, 4.69) is 10.1 Å². The second-order valence-corrected chi connectivity index (χ2v) is 4.84. The van der Waals surface area contributed by atoms with E-state index in [1.54, 1.807) is 4.68 Å². The number of furan rings is 1. The first-order valence-corrected chi connectivity index (χ1v) is 6.92. The Morgan fingerprint density at radius 1 is 1.43 bits per heavy atom. The van der Waals surface area contributed by atoms with Gasteiger partial charge in [0.25, 0.3) is 0 Å². The van der Waals surface area contributed by atoms with Gasteiger partial charge in [0.05, 0.1) is 5.39 Å². The van der Waals surface area contributed by atoms with Gasteiger partial charge in [-0.1, -0.05) is 24.4 Å². The number of hydrogen-bond acceptors (Lipinski definition) is 5. The Labute approximate surface area is 126 Å². The third kappa shape index (κ3) is 2.47. The van der Waals surface area contributed by atoms with Crippen molar-refractivity contribution in [1.82, 2.24) is 14.8 Å². The molecular weight excluding hydrogens is 288 g/mol. The SMILES string of the molecule is CCn1ncnc1COc1c(C(N)=S)oc2ccccc12. The summed E-state index contributed by atoms with van der Waals surface area (Å²) in [6.45, 7) is 2.99. The topological polar surface area (TPSA) is 79.1 Å². The summed E-state index contributed by atoms with van der Waals surface area (Å²) < 4.78 is 13.3. The number of fused-ring (bicyclic) bond motifs is 1. The first-order chi connectivity index (χ1) is 10.2. The van der Waals surface area contributed by atoms with Crippen LogP contribution in [0.25, 0.3) is 11.0 Å². The van der Waals surface area contributed by atoms with Crippen LogP contribution >= 0.6 is 12.2 Å². The van der Waals surface area contributed by atoms with Gasteiger partial charge in [-0.3, -0.25) is 0 Å². The fourth-order valence-electron chi connectivity index (χ4n) is 2.13. The highest BCUT2D eigenvalue weighted by atomic mass is 32.1. The van der Waals surface area contributed by atoms with Crippen LogP contribution in [0.2, 0.25) is 0 Å². The predicted molar refractivity (Wildman–Crippen MR) is 82.1 cm³/mol. The second kappa shape index (κ2) is 5.53. The van der Waals surface area contributed by atoms with Gasteiger partial charge < -0.3 is 14.9 Å². The summed E-state index contributed by atoms with van der Waals surface area (Å²) in [6, 6.07) is 7.54. The summed E-state index contributed by atoms with van der Waals surface area (Å²) in [4.78, 5) is 4.34. The highest BCUT2D eigenvalue weighted by molar-refractivity contribution is 7.80. The molecular formula is C14H14N4O2S. The van der Waals surface area contributed by atoms with Crippen LogP contribution < -0.4 is 10.5 Å². The largest absolute Gasteiger partial charge is 0.481 e. The quantitative estimate of drug-likeness (QED) is 0.728. The molecule has 0 saturated heterocycles. The molecule has 0 aliphatic rings.